The fourth-order valence-corrected chi connectivity index (χ4v) is 3.86. The van der Waals surface area contributed by atoms with Gasteiger partial charge in [0.25, 0.3) is 0 Å². The lowest BCUT2D eigenvalue weighted by molar-refractivity contribution is 0.0696. The Hall–Kier alpha value is -2.99. The molecule has 3 aromatic rings. The van der Waals surface area contributed by atoms with E-state index in [1.54, 1.807) is 36.5 Å². The maximum atomic E-state index is 13.1. The lowest BCUT2D eigenvalue weighted by atomic mass is 9.97. The minimum Gasteiger partial charge on any atom is -0.478 e. The predicted molar refractivity (Wildman–Crippen MR) is 106 cm³/mol. The monoisotopic (exact) mass is 394 g/mol. The van der Waals surface area contributed by atoms with Crippen molar-refractivity contribution in [3.05, 3.63) is 88.9 Å². The number of benzene rings is 2. The van der Waals surface area contributed by atoms with Crippen LogP contribution in [0.1, 0.15) is 51.9 Å². The van der Waals surface area contributed by atoms with Crippen LogP contribution in [0.5, 0.6) is 0 Å². The molecule has 1 aliphatic rings. The molecule has 1 aliphatic heterocycles. The molecule has 2 heterocycles. The molecule has 0 saturated carbocycles. The van der Waals surface area contributed by atoms with Gasteiger partial charge in [0.05, 0.1) is 11.8 Å². The summed E-state index contributed by atoms with van der Waals surface area (Å²) in [6.07, 6.45) is 4.40. The van der Waals surface area contributed by atoms with Crippen LogP contribution in [0, 0.1) is 5.82 Å². The zero-order valence-corrected chi connectivity index (χ0v) is 16.1. The molecule has 0 aliphatic carbocycles. The summed E-state index contributed by atoms with van der Waals surface area (Å²) in [5.74, 6) is 0.581. The first-order valence-corrected chi connectivity index (χ1v) is 9.80. The summed E-state index contributed by atoms with van der Waals surface area (Å²) >= 11 is 0. The Labute approximate surface area is 168 Å². The van der Waals surface area contributed by atoms with Gasteiger partial charge >= 0.3 is 5.97 Å². The van der Waals surface area contributed by atoms with Gasteiger partial charge in [-0.05, 0) is 54.8 Å². The average molecular weight is 394 g/mol. The van der Waals surface area contributed by atoms with Crippen molar-refractivity contribution < 1.29 is 18.7 Å². The number of piperidine rings is 1. The number of hydrogen-bond acceptors (Lipinski definition) is 4. The minimum absolute atomic E-state index is 0.216. The van der Waals surface area contributed by atoms with Gasteiger partial charge in [0.15, 0.2) is 5.89 Å². The normalized spacial score (nSPS) is 17.3. The third kappa shape index (κ3) is 4.90. The predicted octanol–water partition coefficient (Wildman–Crippen LogP) is 4.48. The molecule has 2 aromatic carbocycles. The highest BCUT2D eigenvalue weighted by molar-refractivity contribution is 5.87. The van der Waals surface area contributed by atoms with Crippen LogP contribution in [0.2, 0.25) is 0 Å². The Morgan fingerprint density at radius 2 is 2.03 bits per heavy atom. The van der Waals surface area contributed by atoms with Crippen molar-refractivity contribution >= 4 is 5.97 Å². The van der Waals surface area contributed by atoms with Crippen LogP contribution in [-0.2, 0) is 13.0 Å². The number of carbonyl (C=O) groups is 1. The molecule has 1 aromatic heterocycles. The van der Waals surface area contributed by atoms with Crippen LogP contribution in [0.4, 0.5) is 4.39 Å². The minimum atomic E-state index is -0.906. The van der Waals surface area contributed by atoms with Crippen molar-refractivity contribution in [2.75, 3.05) is 13.1 Å². The summed E-state index contributed by atoms with van der Waals surface area (Å²) in [6, 6.07) is 13.5. The Bertz CT molecular complexity index is 984. The zero-order chi connectivity index (χ0) is 20.2. The van der Waals surface area contributed by atoms with Crippen LogP contribution < -0.4 is 0 Å². The van der Waals surface area contributed by atoms with Gasteiger partial charge in [0.1, 0.15) is 11.6 Å². The third-order valence-corrected chi connectivity index (χ3v) is 5.30. The van der Waals surface area contributed by atoms with Gasteiger partial charge < -0.3 is 9.52 Å². The number of carboxylic acids is 1. The molecule has 1 saturated heterocycles. The summed E-state index contributed by atoms with van der Waals surface area (Å²) in [4.78, 5) is 18.0. The van der Waals surface area contributed by atoms with E-state index in [4.69, 9.17) is 4.42 Å². The van der Waals surface area contributed by atoms with Gasteiger partial charge in [-0.15, -0.1) is 0 Å². The highest BCUT2D eigenvalue weighted by Gasteiger charge is 2.25. The molecular weight excluding hydrogens is 371 g/mol. The van der Waals surface area contributed by atoms with Crippen LogP contribution in [-0.4, -0.2) is 34.0 Å². The Morgan fingerprint density at radius 1 is 1.21 bits per heavy atom. The van der Waals surface area contributed by atoms with E-state index in [0.717, 1.165) is 48.7 Å². The van der Waals surface area contributed by atoms with E-state index in [0.29, 0.717) is 18.5 Å². The van der Waals surface area contributed by atoms with E-state index in [9.17, 15) is 14.3 Å². The molecular formula is C23H23FN2O3. The van der Waals surface area contributed by atoms with Gasteiger partial charge in [0, 0.05) is 25.4 Å². The second-order valence-corrected chi connectivity index (χ2v) is 7.55. The maximum absolute atomic E-state index is 13.1. The number of nitrogens with zero attached hydrogens (tertiary/aromatic N) is 2. The Kier molecular flexibility index (Phi) is 5.71. The van der Waals surface area contributed by atoms with Gasteiger partial charge in [-0.25, -0.2) is 14.2 Å². The highest BCUT2D eigenvalue weighted by atomic mass is 19.1. The van der Waals surface area contributed by atoms with Crippen molar-refractivity contribution in [3.63, 3.8) is 0 Å². The second kappa shape index (κ2) is 8.57. The van der Waals surface area contributed by atoms with Crippen LogP contribution in [0.15, 0.2) is 59.1 Å². The number of aromatic carboxylic acids is 1. The molecule has 1 N–H and O–H groups in total. The second-order valence-electron chi connectivity index (χ2n) is 7.55. The van der Waals surface area contributed by atoms with E-state index < -0.39 is 5.97 Å². The molecule has 5 nitrogen and oxygen atoms in total. The van der Waals surface area contributed by atoms with E-state index >= 15 is 0 Å². The summed E-state index contributed by atoms with van der Waals surface area (Å²) < 4.78 is 19.1. The summed E-state index contributed by atoms with van der Waals surface area (Å²) in [5, 5.41) is 9.17. The van der Waals surface area contributed by atoms with Gasteiger partial charge in [-0.3, -0.25) is 4.90 Å². The van der Waals surface area contributed by atoms with Crippen molar-refractivity contribution in [3.8, 4) is 0 Å². The van der Waals surface area contributed by atoms with Gasteiger partial charge in [0.2, 0.25) is 0 Å². The van der Waals surface area contributed by atoms with E-state index in [-0.39, 0.29) is 11.7 Å². The number of rotatable bonds is 6. The average Bonchev–Trinajstić information content (AvgIpc) is 3.19. The number of halogens is 1. The number of likely N-dealkylation sites (tertiary alicyclic amines) is 1. The van der Waals surface area contributed by atoms with Crippen molar-refractivity contribution in [2.45, 2.75) is 31.7 Å². The smallest absolute Gasteiger partial charge is 0.335 e. The number of carboxylic acid groups (broad SMARTS) is 1. The number of hydrogen-bond donors (Lipinski definition) is 1. The van der Waals surface area contributed by atoms with Crippen molar-refractivity contribution in [2.24, 2.45) is 0 Å². The largest absolute Gasteiger partial charge is 0.478 e. The molecule has 29 heavy (non-hydrogen) atoms. The first-order valence-electron chi connectivity index (χ1n) is 9.80. The highest BCUT2D eigenvalue weighted by Crippen LogP contribution is 2.28. The molecule has 150 valence electrons. The van der Waals surface area contributed by atoms with E-state index in [2.05, 4.69) is 9.88 Å². The topological polar surface area (TPSA) is 66.6 Å². The summed E-state index contributed by atoms with van der Waals surface area (Å²) in [7, 11) is 0. The Balaban J connectivity index is 1.39. The molecule has 4 rings (SSSR count). The van der Waals surface area contributed by atoms with E-state index in [1.165, 1.54) is 12.1 Å². The summed E-state index contributed by atoms with van der Waals surface area (Å²) in [6.45, 7) is 2.51. The maximum Gasteiger partial charge on any atom is 0.335 e. The zero-order valence-electron chi connectivity index (χ0n) is 16.1. The third-order valence-electron chi connectivity index (χ3n) is 5.30. The molecule has 0 amide bonds. The van der Waals surface area contributed by atoms with Crippen molar-refractivity contribution in [1.82, 2.24) is 9.88 Å². The quantitative estimate of drug-likeness (QED) is 0.668. The standard InChI is InChI=1S/C23H23FN2O3/c24-20-8-6-16(7-9-20)12-21-13-25-22(29-21)19-5-2-10-26(15-19)14-17-3-1-4-18(11-17)23(27)28/h1,3-4,6-9,11,13,19H,2,5,10,12,14-15H2,(H,27,28). The fraction of sp³-hybridized carbons (Fsp3) is 0.304. The van der Waals surface area contributed by atoms with Gasteiger partial charge in [-0.2, -0.15) is 0 Å². The first kappa shape index (κ1) is 19.3. The lowest BCUT2D eigenvalue weighted by Gasteiger charge is -2.31. The molecule has 1 fully saturated rings. The molecule has 0 radical (unpaired) electrons. The molecule has 0 bridgehead atoms. The molecule has 1 atom stereocenters. The van der Waals surface area contributed by atoms with E-state index in [1.807, 2.05) is 6.07 Å². The molecule has 0 spiro atoms. The molecule has 1 unspecified atom stereocenters. The lowest BCUT2D eigenvalue weighted by Crippen LogP contribution is -2.34. The van der Waals surface area contributed by atoms with Crippen LogP contribution in [0.25, 0.3) is 0 Å². The number of oxazole rings is 1. The Morgan fingerprint density at radius 3 is 2.83 bits per heavy atom. The first-order chi connectivity index (χ1) is 14.1. The van der Waals surface area contributed by atoms with Crippen molar-refractivity contribution in [1.29, 1.82) is 0 Å². The fourth-order valence-electron chi connectivity index (χ4n) is 3.86. The summed E-state index contributed by atoms with van der Waals surface area (Å²) in [5.41, 5.74) is 2.29. The molecule has 6 heteroatoms. The van der Waals surface area contributed by atoms with Gasteiger partial charge in [-0.1, -0.05) is 24.3 Å². The SMILES string of the molecule is O=C(O)c1cccc(CN2CCCC(c3ncc(Cc4ccc(F)cc4)o3)C2)c1. The number of aromatic nitrogens is 1. The van der Waals surface area contributed by atoms with Crippen LogP contribution >= 0.6 is 0 Å². The van der Waals surface area contributed by atoms with Crippen LogP contribution in [0.3, 0.4) is 0 Å².